The van der Waals surface area contributed by atoms with Crippen LogP contribution >= 0.6 is 0 Å². The van der Waals surface area contributed by atoms with Crippen molar-refractivity contribution in [2.75, 3.05) is 6.54 Å². The largest absolute Gasteiger partial charge is 0.354 e. The zero-order valence-corrected chi connectivity index (χ0v) is 13.5. The summed E-state index contributed by atoms with van der Waals surface area (Å²) in [5, 5.41) is 7.47. The molecule has 1 atom stereocenters. The maximum absolute atomic E-state index is 12.1. The molecule has 1 rings (SSSR count). The number of amides is 1. The van der Waals surface area contributed by atoms with Crippen LogP contribution in [0.1, 0.15) is 45.9 Å². The smallest absolute Gasteiger partial charge is 0.224 e. The van der Waals surface area contributed by atoms with Gasteiger partial charge in [-0.1, -0.05) is 20.8 Å². The van der Waals surface area contributed by atoms with E-state index in [2.05, 4.69) is 31.2 Å². The Morgan fingerprint density at radius 1 is 1.45 bits per heavy atom. The zero-order valence-electron chi connectivity index (χ0n) is 13.5. The first-order valence-corrected chi connectivity index (χ1v) is 7.18. The van der Waals surface area contributed by atoms with Crippen LogP contribution in [0.25, 0.3) is 0 Å². The van der Waals surface area contributed by atoms with Crippen molar-refractivity contribution in [2.45, 2.75) is 52.5 Å². The summed E-state index contributed by atoms with van der Waals surface area (Å²) in [5.74, 6) is -0.186. The molecule has 5 heteroatoms. The van der Waals surface area contributed by atoms with Crippen LogP contribution in [0.2, 0.25) is 0 Å². The monoisotopic (exact) mass is 280 g/mol. The lowest BCUT2D eigenvalue weighted by Gasteiger charge is -2.20. The van der Waals surface area contributed by atoms with E-state index in [0.717, 1.165) is 11.3 Å². The van der Waals surface area contributed by atoms with E-state index in [9.17, 15) is 4.79 Å². The van der Waals surface area contributed by atoms with Gasteiger partial charge in [0.15, 0.2) is 0 Å². The molecule has 0 bridgehead atoms. The Hall–Kier alpha value is -1.36. The second-order valence-corrected chi connectivity index (χ2v) is 6.73. The Labute approximate surface area is 121 Å². The molecule has 1 amide bonds. The fraction of sp³-hybridized carbons (Fsp3) is 0.733. The summed E-state index contributed by atoms with van der Waals surface area (Å²) in [6.45, 7) is 10.6. The van der Waals surface area contributed by atoms with E-state index in [0.29, 0.717) is 13.0 Å². The van der Waals surface area contributed by atoms with E-state index in [4.69, 9.17) is 5.73 Å². The predicted octanol–water partition coefficient (Wildman–Crippen LogP) is 1.36. The first kappa shape index (κ1) is 16.7. The fourth-order valence-electron chi connectivity index (χ4n) is 2.27. The number of aromatic nitrogens is 2. The van der Waals surface area contributed by atoms with Gasteiger partial charge in [0.1, 0.15) is 0 Å². The number of carbonyl (C=O) groups is 1. The summed E-state index contributed by atoms with van der Waals surface area (Å²) in [6.07, 6.45) is 2.63. The van der Waals surface area contributed by atoms with Crippen LogP contribution < -0.4 is 11.1 Å². The Morgan fingerprint density at radius 3 is 2.50 bits per heavy atom. The third-order valence-electron chi connectivity index (χ3n) is 3.17. The number of nitrogens with one attached hydrogen (secondary N) is 1. The van der Waals surface area contributed by atoms with E-state index in [1.807, 2.05) is 31.8 Å². The quantitative estimate of drug-likeness (QED) is 0.855. The molecule has 1 aromatic rings. The summed E-state index contributed by atoms with van der Waals surface area (Å²) in [4.78, 5) is 12.1. The van der Waals surface area contributed by atoms with Crippen molar-refractivity contribution in [3.05, 3.63) is 17.5 Å². The Kier molecular flexibility index (Phi) is 5.34. The average molecular weight is 280 g/mol. The lowest BCUT2D eigenvalue weighted by molar-refractivity contribution is -0.125. The number of nitrogens with zero attached hydrogens (tertiary/aromatic N) is 2. The molecule has 5 nitrogen and oxygen atoms in total. The first-order chi connectivity index (χ1) is 9.15. The van der Waals surface area contributed by atoms with Gasteiger partial charge in [-0.15, -0.1) is 0 Å². The van der Waals surface area contributed by atoms with Crippen LogP contribution in [-0.4, -0.2) is 28.3 Å². The molecule has 3 N–H and O–H groups in total. The Bertz CT molecular complexity index is 457. The van der Waals surface area contributed by atoms with Gasteiger partial charge < -0.3 is 11.1 Å². The molecule has 1 unspecified atom stereocenters. The van der Waals surface area contributed by atoms with Gasteiger partial charge in [-0.3, -0.25) is 9.48 Å². The minimum atomic E-state index is -0.206. The normalized spacial score (nSPS) is 13.6. The Balaban J connectivity index is 2.93. The van der Waals surface area contributed by atoms with Gasteiger partial charge in [-0.2, -0.15) is 5.10 Å². The van der Waals surface area contributed by atoms with Crippen molar-refractivity contribution in [2.24, 2.45) is 18.7 Å². The van der Waals surface area contributed by atoms with E-state index >= 15 is 0 Å². The van der Waals surface area contributed by atoms with Gasteiger partial charge in [-0.25, -0.2) is 0 Å². The van der Waals surface area contributed by atoms with Crippen LogP contribution in [0.3, 0.4) is 0 Å². The molecule has 0 radical (unpaired) electrons. The number of carbonyl (C=O) groups excluding carboxylic acids is 1. The maximum Gasteiger partial charge on any atom is 0.224 e. The van der Waals surface area contributed by atoms with Gasteiger partial charge in [-0.05, 0) is 25.8 Å². The van der Waals surface area contributed by atoms with Crippen molar-refractivity contribution in [3.63, 3.8) is 0 Å². The fourth-order valence-corrected chi connectivity index (χ4v) is 2.27. The minimum absolute atomic E-state index is 0.0196. The molecule has 1 heterocycles. The van der Waals surface area contributed by atoms with E-state index in [1.54, 1.807) is 0 Å². The predicted molar refractivity (Wildman–Crippen MR) is 81.4 cm³/mol. The molecule has 0 aliphatic carbocycles. The molecule has 114 valence electrons. The van der Waals surface area contributed by atoms with Crippen molar-refractivity contribution in [1.29, 1.82) is 0 Å². The van der Waals surface area contributed by atoms with Crippen molar-refractivity contribution in [1.82, 2.24) is 15.1 Å². The molecule has 1 aromatic heterocycles. The van der Waals surface area contributed by atoms with Gasteiger partial charge in [0.05, 0.1) is 11.6 Å². The second kappa shape index (κ2) is 6.39. The van der Waals surface area contributed by atoms with Gasteiger partial charge in [0.25, 0.3) is 0 Å². The number of nitrogens with two attached hydrogens (primary N) is 1. The van der Waals surface area contributed by atoms with Crippen molar-refractivity contribution >= 4 is 5.91 Å². The molecule has 0 fully saturated rings. The highest BCUT2D eigenvalue weighted by atomic mass is 16.1. The highest BCUT2D eigenvalue weighted by Crippen LogP contribution is 2.25. The van der Waals surface area contributed by atoms with Gasteiger partial charge in [0.2, 0.25) is 5.91 Å². The van der Waals surface area contributed by atoms with E-state index in [-0.39, 0.29) is 23.3 Å². The molecule has 0 saturated carbocycles. The maximum atomic E-state index is 12.1. The molecule has 0 aromatic carbocycles. The van der Waals surface area contributed by atoms with Crippen molar-refractivity contribution in [3.8, 4) is 0 Å². The Morgan fingerprint density at radius 2 is 2.05 bits per heavy atom. The van der Waals surface area contributed by atoms with Crippen molar-refractivity contribution < 1.29 is 4.79 Å². The van der Waals surface area contributed by atoms with E-state index < -0.39 is 0 Å². The van der Waals surface area contributed by atoms with Crippen LogP contribution in [-0.2, 0) is 23.7 Å². The lowest BCUT2D eigenvalue weighted by Crippen LogP contribution is -2.39. The molecule has 0 saturated heterocycles. The van der Waals surface area contributed by atoms with Crippen LogP contribution in [0.15, 0.2) is 6.20 Å². The van der Waals surface area contributed by atoms with Gasteiger partial charge in [0, 0.05) is 31.2 Å². The summed E-state index contributed by atoms with van der Waals surface area (Å²) in [5.41, 5.74) is 7.88. The lowest BCUT2D eigenvalue weighted by atomic mass is 9.86. The number of hydrogen-bond acceptors (Lipinski definition) is 3. The molecular weight excluding hydrogens is 252 g/mol. The van der Waals surface area contributed by atoms with E-state index in [1.165, 1.54) is 0 Å². The van der Waals surface area contributed by atoms with Crippen LogP contribution in [0, 0.1) is 5.92 Å². The summed E-state index contributed by atoms with van der Waals surface area (Å²) >= 11 is 0. The minimum Gasteiger partial charge on any atom is -0.354 e. The summed E-state index contributed by atoms with van der Waals surface area (Å²) in [6, 6.07) is 0.132. The highest BCUT2D eigenvalue weighted by Gasteiger charge is 2.26. The highest BCUT2D eigenvalue weighted by molar-refractivity contribution is 5.79. The molecule has 0 aliphatic heterocycles. The zero-order chi connectivity index (χ0) is 15.5. The van der Waals surface area contributed by atoms with Crippen LogP contribution in [0.4, 0.5) is 0 Å². The average Bonchev–Trinajstić information content (AvgIpc) is 2.65. The number of rotatable bonds is 5. The molecule has 0 aliphatic rings. The SMILES string of the molecule is CC(C)NC(=O)C(CN)Cc1cn(C)nc1C(C)(C)C. The standard InChI is InChI=1S/C15H28N4O/c1-10(2)17-14(20)11(8-16)7-12-9-19(6)18-13(12)15(3,4)5/h9-11H,7-8,16H2,1-6H3,(H,17,20). The summed E-state index contributed by atoms with van der Waals surface area (Å²) < 4.78 is 1.81. The van der Waals surface area contributed by atoms with Crippen LogP contribution in [0.5, 0.6) is 0 Å². The topological polar surface area (TPSA) is 72.9 Å². The molecule has 0 spiro atoms. The van der Waals surface area contributed by atoms with Gasteiger partial charge >= 0.3 is 0 Å². The molecule has 20 heavy (non-hydrogen) atoms. The summed E-state index contributed by atoms with van der Waals surface area (Å²) in [7, 11) is 1.91. The number of hydrogen-bond donors (Lipinski definition) is 2. The molecular formula is C15H28N4O. The number of aryl methyl sites for hydroxylation is 1. The third kappa shape index (κ3) is 4.34. The first-order valence-electron chi connectivity index (χ1n) is 7.18. The third-order valence-corrected chi connectivity index (χ3v) is 3.17. The second-order valence-electron chi connectivity index (χ2n) is 6.73.